The van der Waals surface area contributed by atoms with Crippen molar-refractivity contribution in [3.63, 3.8) is 0 Å². The van der Waals surface area contributed by atoms with E-state index >= 15 is 0 Å². The summed E-state index contributed by atoms with van der Waals surface area (Å²) in [6.07, 6.45) is 3.87. The zero-order chi connectivity index (χ0) is 18.4. The van der Waals surface area contributed by atoms with Gasteiger partial charge in [0.2, 0.25) is 0 Å². The number of amides is 1. The van der Waals surface area contributed by atoms with Crippen LogP contribution in [0.1, 0.15) is 48.7 Å². The Bertz CT molecular complexity index is 837. The van der Waals surface area contributed by atoms with Crippen LogP contribution in [0.25, 0.3) is 5.69 Å². The number of hydrogen-bond acceptors (Lipinski definition) is 3. The maximum Gasteiger partial charge on any atom is 0.257 e. The molecule has 1 amide bonds. The summed E-state index contributed by atoms with van der Waals surface area (Å²) in [6.45, 7) is 5.18. The second-order valence-electron chi connectivity index (χ2n) is 7.19. The molecule has 1 saturated carbocycles. The minimum atomic E-state index is 0.0187. The normalized spacial score (nSPS) is 23.3. The Hall–Kier alpha value is -1.56. The van der Waals surface area contributed by atoms with Crippen molar-refractivity contribution in [2.24, 2.45) is 0 Å². The van der Waals surface area contributed by atoms with Crippen LogP contribution >= 0.6 is 23.2 Å². The highest BCUT2D eigenvalue weighted by atomic mass is 35.5. The molecule has 2 aliphatic rings. The Morgan fingerprint density at radius 2 is 1.88 bits per heavy atom. The Morgan fingerprint density at radius 1 is 1.19 bits per heavy atom. The zero-order valence-corrected chi connectivity index (χ0v) is 16.3. The molecule has 1 aliphatic heterocycles. The van der Waals surface area contributed by atoms with Gasteiger partial charge in [0.25, 0.3) is 5.91 Å². The molecular formula is C19H21Cl2N3O2. The van der Waals surface area contributed by atoms with Gasteiger partial charge in [-0.25, -0.2) is 4.68 Å². The summed E-state index contributed by atoms with van der Waals surface area (Å²) in [6, 6.07) is 5.33. The van der Waals surface area contributed by atoms with Gasteiger partial charge in [0, 0.05) is 24.0 Å². The van der Waals surface area contributed by atoms with Crippen LogP contribution in [-0.2, 0) is 4.74 Å². The summed E-state index contributed by atoms with van der Waals surface area (Å²) < 4.78 is 7.55. The Morgan fingerprint density at radius 3 is 2.50 bits per heavy atom. The van der Waals surface area contributed by atoms with E-state index in [1.54, 1.807) is 23.0 Å². The van der Waals surface area contributed by atoms with Crippen molar-refractivity contribution < 1.29 is 9.53 Å². The van der Waals surface area contributed by atoms with Gasteiger partial charge in [0.05, 0.1) is 40.4 Å². The lowest BCUT2D eigenvalue weighted by Crippen LogP contribution is -2.48. The van der Waals surface area contributed by atoms with E-state index in [4.69, 9.17) is 27.9 Å². The van der Waals surface area contributed by atoms with E-state index in [0.29, 0.717) is 34.6 Å². The van der Waals surface area contributed by atoms with Gasteiger partial charge in [0.1, 0.15) is 0 Å². The Balaban J connectivity index is 1.71. The van der Waals surface area contributed by atoms with Crippen molar-refractivity contribution in [2.75, 3.05) is 13.1 Å². The van der Waals surface area contributed by atoms with Gasteiger partial charge in [0.15, 0.2) is 0 Å². The molecule has 7 heteroatoms. The third-order valence-corrected chi connectivity index (χ3v) is 5.38. The quantitative estimate of drug-likeness (QED) is 0.780. The van der Waals surface area contributed by atoms with Gasteiger partial charge in [-0.1, -0.05) is 23.2 Å². The molecule has 138 valence electrons. The first kappa shape index (κ1) is 17.8. The summed E-state index contributed by atoms with van der Waals surface area (Å²) in [4.78, 5) is 15.1. The van der Waals surface area contributed by atoms with E-state index in [2.05, 4.69) is 5.10 Å². The van der Waals surface area contributed by atoms with Crippen molar-refractivity contribution in [3.8, 4) is 5.69 Å². The minimum Gasteiger partial charge on any atom is -0.372 e. The summed E-state index contributed by atoms with van der Waals surface area (Å²) in [7, 11) is 0. The highest BCUT2D eigenvalue weighted by Gasteiger charge is 2.36. The highest BCUT2D eigenvalue weighted by Crippen LogP contribution is 2.43. The Labute approximate surface area is 162 Å². The molecule has 1 aromatic heterocycles. The molecule has 0 spiro atoms. The average molecular weight is 394 g/mol. The van der Waals surface area contributed by atoms with E-state index in [1.807, 2.05) is 24.8 Å². The van der Waals surface area contributed by atoms with Crippen LogP contribution < -0.4 is 0 Å². The fourth-order valence-corrected chi connectivity index (χ4v) is 4.12. The van der Waals surface area contributed by atoms with E-state index < -0.39 is 0 Å². The molecule has 1 aliphatic carbocycles. The second-order valence-corrected chi connectivity index (χ2v) is 8.04. The smallest absolute Gasteiger partial charge is 0.257 e. The molecule has 2 fully saturated rings. The molecule has 5 nitrogen and oxygen atoms in total. The first-order valence-corrected chi connectivity index (χ1v) is 9.67. The highest BCUT2D eigenvalue weighted by molar-refractivity contribution is 6.35. The fraction of sp³-hybridized carbons (Fsp3) is 0.474. The number of nitrogens with zero attached hydrogens (tertiary/aromatic N) is 3. The van der Waals surface area contributed by atoms with Gasteiger partial charge in [-0.2, -0.15) is 5.10 Å². The van der Waals surface area contributed by atoms with E-state index in [-0.39, 0.29) is 18.1 Å². The molecule has 2 heterocycles. The largest absolute Gasteiger partial charge is 0.372 e. The molecule has 2 atom stereocenters. The molecule has 0 unspecified atom stereocenters. The van der Waals surface area contributed by atoms with E-state index in [9.17, 15) is 4.79 Å². The number of ether oxygens (including phenoxy) is 1. The van der Waals surface area contributed by atoms with Crippen molar-refractivity contribution in [1.82, 2.24) is 14.7 Å². The van der Waals surface area contributed by atoms with Crippen molar-refractivity contribution in [1.29, 1.82) is 0 Å². The van der Waals surface area contributed by atoms with Crippen molar-refractivity contribution >= 4 is 29.1 Å². The third kappa shape index (κ3) is 3.36. The lowest BCUT2D eigenvalue weighted by Gasteiger charge is -2.35. The lowest BCUT2D eigenvalue weighted by atomic mass is 10.1. The molecule has 0 bridgehead atoms. The van der Waals surface area contributed by atoms with Gasteiger partial charge >= 0.3 is 0 Å². The topological polar surface area (TPSA) is 47.4 Å². The van der Waals surface area contributed by atoms with E-state index in [0.717, 1.165) is 24.2 Å². The summed E-state index contributed by atoms with van der Waals surface area (Å²) >= 11 is 12.4. The van der Waals surface area contributed by atoms with Crippen LogP contribution in [0.2, 0.25) is 10.0 Å². The summed E-state index contributed by atoms with van der Waals surface area (Å²) in [5, 5.41) is 5.60. The predicted molar refractivity (Wildman–Crippen MR) is 101 cm³/mol. The lowest BCUT2D eigenvalue weighted by molar-refractivity contribution is -0.0586. The molecule has 0 N–H and O–H groups in total. The van der Waals surface area contributed by atoms with Gasteiger partial charge in [-0.15, -0.1) is 0 Å². The van der Waals surface area contributed by atoms with Crippen LogP contribution in [0.5, 0.6) is 0 Å². The molecule has 1 saturated heterocycles. The minimum absolute atomic E-state index is 0.0187. The molecular weight excluding hydrogens is 373 g/mol. The van der Waals surface area contributed by atoms with E-state index in [1.165, 1.54) is 0 Å². The van der Waals surface area contributed by atoms with Crippen molar-refractivity contribution in [3.05, 3.63) is 45.7 Å². The van der Waals surface area contributed by atoms with Gasteiger partial charge < -0.3 is 9.64 Å². The predicted octanol–water partition coefficient (Wildman–Crippen LogP) is 4.31. The molecule has 26 heavy (non-hydrogen) atoms. The number of morpholine rings is 1. The number of hydrogen-bond donors (Lipinski definition) is 0. The first-order valence-electron chi connectivity index (χ1n) is 8.92. The maximum absolute atomic E-state index is 13.2. The van der Waals surface area contributed by atoms with Gasteiger partial charge in [-0.05, 0) is 44.9 Å². The SMILES string of the molecule is C[C@@H]1CN(C(=O)c2cnn(-c3ccc(Cl)cc3Cl)c2C2CC2)C[C@H](C)O1. The number of aromatic nitrogens is 2. The molecule has 2 aromatic rings. The monoisotopic (exact) mass is 393 g/mol. The van der Waals surface area contributed by atoms with Crippen LogP contribution in [0, 0.1) is 0 Å². The number of carbonyl (C=O) groups excluding carboxylic acids is 1. The maximum atomic E-state index is 13.2. The first-order chi connectivity index (χ1) is 12.4. The standard InChI is InChI=1S/C19H21Cl2N3O2/c1-11-9-23(10-12(2)26-11)19(25)15-8-22-24(18(15)13-3-4-13)17-6-5-14(20)7-16(17)21/h5-8,11-13H,3-4,9-10H2,1-2H3/t11-,12+. The van der Waals surface area contributed by atoms with Crippen LogP contribution in [0.3, 0.4) is 0 Å². The Kier molecular flexibility index (Phi) is 4.71. The number of halogens is 2. The van der Waals surface area contributed by atoms with Crippen LogP contribution in [0.15, 0.2) is 24.4 Å². The fourth-order valence-electron chi connectivity index (χ4n) is 3.63. The van der Waals surface area contributed by atoms with Gasteiger partial charge in [-0.3, -0.25) is 4.79 Å². The number of rotatable bonds is 3. The number of carbonyl (C=O) groups is 1. The zero-order valence-electron chi connectivity index (χ0n) is 14.8. The summed E-state index contributed by atoms with van der Waals surface area (Å²) in [5.74, 6) is 0.365. The van der Waals surface area contributed by atoms with Crippen molar-refractivity contribution in [2.45, 2.75) is 44.8 Å². The average Bonchev–Trinajstić information content (AvgIpc) is 3.32. The van der Waals surface area contributed by atoms with Crippen LogP contribution in [-0.4, -0.2) is 45.9 Å². The number of benzene rings is 1. The molecule has 1 aromatic carbocycles. The van der Waals surface area contributed by atoms with Crippen LogP contribution in [0.4, 0.5) is 0 Å². The molecule has 4 rings (SSSR count). The second kappa shape index (κ2) is 6.87. The third-order valence-electron chi connectivity index (χ3n) is 4.85. The summed E-state index contributed by atoms with van der Waals surface area (Å²) in [5.41, 5.74) is 2.37. The molecule has 0 radical (unpaired) electrons.